The first-order valence-electron chi connectivity index (χ1n) is 6.84. The second-order valence-corrected chi connectivity index (χ2v) is 6.05. The second kappa shape index (κ2) is 7.17. The van der Waals surface area contributed by atoms with Gasteiger partial charge in [0.25, 0.3) is 0 Å². The van der Waals surface area contributed by atoms with E-state index in [9.17, 15) is 9.90 Å². The Morgan fingerprint density at radius 1 is 1.37 bits per heavy atom. The second-order valence-electron chi connectivity index (χ2n) is 5.13. The van der Waals surface area contributed by atoms with Gasteiger partial charge in [0.1, 0.15) is 0 Å². The zero-order chi connectivity index (χ0) is 13.7. The zero-order valence-electron chi connectivity index (χ0n) is 11.0. The highest BCUT2D eigenvalue weighted by atomic mass is 79.9. The predicted molar refractivity (Wildman–Crippen MR) is 79.4 cm³/mol. The molecule has 19 heavy (non-hydrogen) atoms. The molecule has 1 unspecified atom stereocenters. The summed E-state index contributed by atoms with van der Waals surface area (Å²) in [7, 11) is 0. The van der Waals surface area contributed by atoms with Gasteiger partial charge in [-0.05, 0) is 44.5 Å². The van der Waals surface area contributed by atoms with Crippen molar-refractivity contribution >= 4 is 21.7 Å². The van der Waals surface area contributed by atoms with Crippen molar-refractivity contribution in [3.05, 3.63) is 34.3 Å². The number of hydrogen-bond acceptors (Lipinski definition) is 3. The van der Waals surface area contributed by atoms with E-state index < -0.39 is 0 Å². The Morgan fingerprint density at radius 2 is 2.11 bits per heavy atom. The number of hydrogen-bond donors (Lipinski definition) is 1. The average Bonchev–Trinajstić information content (AvgIpc) is 2.39. The number of rotatable bonds is 5. The molecule has 1 saturated heterocycles. The highest BCUT2D eigenvalue weighted by Gasteiger charge is 2.17. The molecular weight excluding hydrogens is 306 g/mol. The molecule has 1 atom stereocenters. The normalized spacial score (nSPS) is 20.4. The third-order valence-electron chi connectivity index (χ3n) is 3.53. The summed E-state index contributed by atoms with van der Waals surface area (Å²) in [5, 5.41) is 9.58. The van der Waals surface area contributed by atoms with Crippen LogP contribution in [0.1, 0.15) is 36.0 Å². The molecule has 1 aromatic rings. The minimum atomic E-state index is -0.184. The molecule has 1 aromatic carbocycles. The molecule has 1 aliphatic heterocycles. The van der Waals surface area contributed by atoms with Gasteiger partial charge in [-0.15, -0.1) is 0 Å². The average molecular weight is 326 g/mol. The molecule has 0 spiro atoms. The van der Waals surface area contributed by atoms with Crippen LogP contribution in [0.4, 0.5) is 0 Å². The summed E-state index contributed by atoms with van der Waals surface area (Å²) < 4.78 is 0.992. The van der Waals surface area contributed by atoms with Gasteiger partial charge in [-0.25, -0.2) is 0 Å². The van der Waals surface area contributed by atoms with Crippen LogP contribution in [-0.4, -0.2) is 41.5 Å². The maximum Gasteiger partial charge on any atom is 0.162 e. The number of carbonyl (C=O) groups is 1. The summed E-state index contributed by atoms with van der Waals surface area (Å²) in [5.41, 5.74) is 0.780. The summed E-state index contributed by atoms with van der Waals surface area (Å²) >= 11 is 3.36. The number of halogens is 1. The predicted octanol–water partition coefficient (Wildman–Crippen LogP) is 2.87. The Bertz CT molecular complexity index is 419. The standard InChI is InChI=1S/C15H20BrNO2/c16-13-7-5-12(6-8-13)15(19)4-2-10-17-9-1-3-14(18)11-17/h5-8,14,18H,1-4,9-11H2. The molecule has 1 fully saturated rings. The molecule has 0 saturated carbocycles. The van der Waals surface area contributed by atoms with Crippen LogP contribution in [0.3, 0.4) is 0 Å². The van der Waals surface area contributed by atoms with E-state index in [2.05, 4.69) is 20.8 Å². The lowest BCUT2D eigenvalue weighted by molar-refractivity contribution is 0.0692. The lowest BCUT2D eigenvalue weighted by atomic mass is 10.1. The highest BCUT2D eigenvalue weighted by molar-refractivity contribution is 9.10. The van der Waals surface area contributed by atoms with Crippen molar-refractivity contribution in [1.82, 2.24) is 4.90 Å². The van der Waals surface area contributed by atoms with Crippen molar-refractivity contribution in [2.24, 2.45) is 0 Å². The summed E-state index contributed by atoms with van der Waals surface area (Å²) in [6, 6.07) is 7.51. The number of aliphatic hydroxyl groups is 1. The molecular formula is C15H20BrNO2. The molecule has 0 bridgehead atoms. The lowest BCUT2D eigenvalue weighted by Gasteiger charge is -2.29. The third kappa shape index (κ3) is 4.71. The summed E-state index contributed by atoms with van der Waals surface area (Å²) in [6.07, 6.45) is 3.22. The van der Waals surface area contributed by atoms with Gasteiger partial charge in [0.2, 0.25) is 0 Å². The number of carbonyl (C=O) groups excluding carboxylic acids is 1. The van der Waals surface area contributed by atoms with Gasteiger partial charge < -0.3 is 10.0 Å². The van der Waals surface area contributed by atoms with E-state index in [1.54, 1.807) is 0 Å². The van der Waals surface area contributed by atoms with E-state index >= 15 is 0 Å². The number of β-amino-alcohol motifs (C(OH)–C–C–N with tert-alkyl or cyclic N) is 1. The molecule has 2 rings (SSSR count). The Labute approximate surface area is 122 Å². The van der Waals surface area contributed by atoms with Crippen LogP contribution in [0.25, 0.3) is 0 Å². The van der Waals surface area contributed by atoms with Crippen LogP contribution in [0.5, 0.6) is 0 Å². The summed E-state index contributed by atoms with van der Waals surface area (Å²) in [6.45, 7) is 2.70. The van der Waals surface area contributed by atoms with Crippen molar-refractivity contribution in [2.75, 3.05) is 19.6 Å². The van der Waals surface area contributed by atoms with Gasteiger partial charge in [0, 0.05) is 23.0 Å². The van der Waals surface area contributed by atoms with E-state index in [4.69, 9.17) is 0 Å². The van der Waals surface area contributed by atoms with Crippen LogP contribution in [0.15, 0.2) is 28.7 Å². The lowest BCUT2D eigenvalue weighted by Crippen LogP contribution is -2.38. The van der Waals surface area contributed by atoms with Crippen LogP contribution < -0.4 is 0 Å². The number of aliphatic hydroxyl groups excluding tert-OH is 1. The first kappa shape index (κ1) is 14.7. The van der Waals surface area contributed by atoms with Crippen molar-refractivity contribution in [1.29, 1.82) is 0 Å². The largest absolute Gasteiger partial charge is 0.392 e. The first-order valence-corrected chi connectivity index (χ1v) is 7.63. The number of piperidine rings is 1. The molecule has 0 amide bonds. The highest BCUT2D eigenvalue weighted by Crippen LogP contribution is 2.14. The number of likely N-dealkylation sites (tertiary alicyclic amines) is 1. The molecule has 4 heteroatoms. The van der Waals surface area contributed by atoms with E-state index in [0.717, 1.165) is 48.9 Å². The SMILES string of the molecule is O=C(CCCN1CCCC(O)C1)c1ccc(Br)cc1. The molecule has 3 nitrogen and oxygen atoms in total. The van der Waals surface area contributed by atoms with Gasteiger partial charge in [0.05, 0.1) is 6.10 Å². The maximum atomic E-state index is 12.0. The topological polar surface area (TPSA) is 40.5 Å². The number of nitrogens with zero attached hydrogens (tertiary/aromatic N) is 1. The molecule has 1 heterocycles. The van der Waals surface area contributed by atoms with E-state index in [0.29, 0.717) is 6.42 Å². The fourth-order valence-electron chi connectivity index (χ4n) is 2.48. The molecule has 104 valence electrons. The van der Waals surface area contributed by atoms with Crippen molar-refractivity contribution in [3.63, 3.8) is 0 Å². The molecule has 0 aromatic heterocycles. The van der Waals surface area contributed by atoms with Gasteiger partial charge in [-0.2, -0.15) is 0 Å². The summed E-state index contributed by atoms with van der Waals surface area (Å²) in [4.78, 5) is 14.2. The van der Waals surface area contributed by atoms with Gasteiger partial charge in [0.15, 0.2) is 5.78 Å². The monoisotopic (exact) mass is 325 g/mol. The fourth-order valence-corrected chi connectivity index (χ4v) is 2.74. The minimum Gasteiger partial charge on any atom is -0.392 e. The van der Waals surface area contributed by atoms with E-state index in [1.807, 2.05) is 24.3 Å². The van der Waals surface area contributed by atoms with Crippen molar-refractivity contribution in [3.8, 4) is 0 Å². The molecule has 1 aliphatic rings. The molecule has 1 N–H and O–H groups in total. The summed E-state index contributed by atoms with van der Waals surface area (Å²) in [5.74, 6) is 0.199. The Hall–Kier alpha value is -0.710. The number of benzene rings is 1. The van der Waals surface area contributed by atoms with E-state index in [-0.39, 0.29) is 11.9 Å². The third-order valence-corrected chi connectivity index (χ3v) is 4.05. The first-order chi connectivity index (χ1) is 9.15. The van der Waals surface area contributed by atoms with Gasteiger partial charge >= 0.3 is 0 Å². The van der Waals surface area contributed by atoms with E-state index in [1.165, 1.54) is 0 Å². The van der Waals surface area contributed by atoms with Crippen LogP contribution >= 0.6 is 15.9 Å². The van der Waals surface area contributed by atoms with Crippen LogP contribution in [-0.2, 0) is 0 Å². The quantitative estimate of drug-likeness (QED) is 0.846. The maximum absolute atomic E-state index is 12.0. The smallest absolute Gasteiger partial charge is 0.162 e. The fraction of sp³-hybridized carbons (Fsp3) is 0.533. The number of Topliss-reactive ketones (excluding diaryl/α,β-unsaturated/α-hetero) is 1. The minimum absolute atomic E-state index is 0.184. The van der Waals surface area contributed by atoms with Crippen LogP contribution in [0.2, 0.25) is 0 Å². The molecule has 0 radical (unpaired) electrons. The van der Waals surface area contributed by atoms with Gasteiger partial charge in [-0.1, -0.05) is 28.1 Å². The van der Waals surface area contributed by atoms with Crippen molar-refractivity contribution < 1.29 is 9.90 Å². The van der Waals surface area contributed by atoms with Crippen LogP contribution in [0, 0.1) is 0 Å². The number of ketones is 1. The Morgan fingerprint density at radius 3 is 2.79 bits per heavy atom. The molecule has 0 aliphatic carbocycles. The Kier molecular flexibility index (Phi) is 5.55. The van der Waals surface area contributed by atoms with Gasteiger partial charge in [-0.3, -0.25) is 4.79 Å². The Balaban J connectivity index is 1.73. The van der Waals surface area contributed by atoms with Crippen molar-refractivity contribution in [2.45, 2.75) is 31.8 Å². The zero-order valence-corrected chi connectivity index (χ0v) is 12.6.